The maximum absolute atomic E-state index is 13.4. The molecule has 0 spiro atoms. The number of H-pyrrole nitrogens is 3. The van der Waals surface area contributed by atoms with Crippen molar-refractivity contribution in [3.05, 3.63) is 290 Å². The number of fused-ring (bicyclic) bond motifs is 5. The number of nitrogens with one attached hydrogen (secondary N) is 4. The van der Waals surface area contributed by atoms with Gasteiger partial charge in [-0.3, -0.25) is 28.4 Å². The third kappa shape index (κ3) is 26.0. The number of benzene rings is 7. The minimum absolute atomic E-state index is 0. The molecule has 0 unspecified atom stereocenters. The number of halogens is 9. The molecule has 546 valence electrons. The largest absolute Gasteiger partial charge is 1.00 e. The molecule has 0 bridgehead atoms. The number of aromatic carboxylic acids is 1. The van der Waals surface area contributed by atoms with Crippen molar-refractivity contribution in [3.8, 4) is 11.6 Å². The van der Waals surface area contributed by atoms with Crippen LogP contribution < -0.4 is 136 Å². The first kappa shape index (κ1) is 89.9. The summed E-state index contributed by atoms with van der Waals surface area (Å²) < 4.78 is 45.6. The first-order valence-corrected chi connectivity index (χ1v) is 32.7. The number of hydrogen-bond acceptors (Lipinski definition) is 16. The van der Waals surface area contributed by atoms with Gasteiger partial charge in [0.15, 0.2) is 0 Å². The second-order valence-electron chi connectivity index (χ2n) is 20.5. The number of amides is 3. The van der Waals surface area contributed by atoms with Gasteiger partial charge < -0.3 is 69.0 Å². The second kappa shape index (κ2) is 45.9. The van der Waals surface area contributed by atoms with Gasteiger partial charge in [0.25, 0.3) is 29.4 Å². The Kier molecular flexibility index (Phi) is 38.2. The number of nitrogens with two attached hydrogens (primary N) is 4. The smallest absolute Gasteiger partial charge is 1.00 e. The number of carboxylic acids is 1. The fraction of sp³-hybridized carbons (Fsp3) is 0.0278. The standard InChI is InChI=1S/C19H13BrFN5O.C13H9ClN4O.C9H6ClNO.C9H8N2O.C9H7NO2.C6H5BrFN.C4H2Cl2N2.CH3F.CH2O3.CH4.2K.H/c20-14-9-11(5-6-15(14)21)24-19-23-8-7-17(25-19)26-10-13(18(22)27)12-3-1-2-4-16(12)26;14-13-16-6-5-11(17-13)18-7-9(12(15)19)8-3-1-2-4-10(8)18;2*10-9(12)7-5-11-8-4-2-1-3-6(7)8;11-9(12)7-5-10-8-4-2-1-3-6(7)8;7-5-3-4(9)1-2-6(5)8;5-3-1-2-7-4(6)8-3;1-2;2-1-4-3;;;;/h1-10H,(H2,22,27)(H,23,24,25);1-7H,(H2,15,19);1-5,11H;1-5,11H,(H2,10,12);1-5,10H,(H,11,12);1-3H,9H2;1-2H;1H3;1,3H;1H4;;;/q;;;;;;;;;;2*+1;-1/p-1/i;;;;;;;1D;;;;;. The Morgan fingerprint density at radius 3 is 1.37 bits per heavy atom. The van der Waals surface area contributed by atoms with Crippen LogP contribution in [0.3, 0.4) is 0 Å². The van der Waals surface area contributed by atoms with Crippen molar-refractivity contribution in [2.75, 3.05) is 18.2 Å². The van der Waals surface area contributed by atoms with Crippen LogP contribution in [0.25, 0.3) is 66.2 Å². The predicted molar refractivity (Wildman–Crippen MR) is 410 cm³/mol. The molecule has 108 heavy (non-hydrogen) atoms. The minimum atomic E-state index is -1.00. The summed E-state index contributed by atoms with van der Waals surface area (Å²) >= 11 is 28.0. The van der Waals surface area contributed by atoms with Gasteiger partial charge in [-0.15, -0.1) is 0 Å². The summed E-state index contributed by atoms with van der Waals surface area (Å²) in [6.45, 7) is -0.181. The molecule has 13 N–H and O–H groups in total. The van der Waals surface area contributed by atoms with E-state index in [1.165, 1.54) is 36.7 Å². The Balaban J connectivity index is 0.000000337. The maximum Gasteiger partial charge on any atom is 1.00 e. The Bertz CT molecular complexity index is 5360. The molecule has 15 rings (SSSR count). The molecule has 8 aromatic heterocycles. The topological polar surface area (TPSA) is 406 Å². The summed E-state index contributed by atoms with van der Waals surface area (Å²) in [4.78, 5) is 99.6. The second-order valence-corrected chi connectivity index (χ2v) is 23.6. The number of nitrogen functional groups attached to an aromatic ring is 1. The summed E-state index contributed by atoms with van der Waals surface area (Å²) in [6.07, 6.45) is 12.7. The Labute approximate surface area is 737 Å². The monoisotopic (exact) mass is 1730 g/mol. The van der Waals surface area contributed by atoms with Crippen molar-refractivity contribution >= 4 is 186 Å². The van der Waals surface area contributed by atoms with Gasteiger partial charge in [-0.05, 0) is 152 Å². The first-order chi connectivity index (χ1) is 50.9. The summed E-state index contributed by atoms with van der Waals surface area (Å²) in [6, 6.07) is 51.2. The predicted octanol–water partition coefficient (Wildman–Crippen LogP) is 9.75. The molecule has 0 saturated heterocycles. The van der Waals surface area contributed by atoms with Crippen molar-refractivity contribution in [2.45, 2.75) is 7.43 Å². The average Bonchev–Trinajstić information content (AvgIpc) is 1.66. The SMILES string of the molecule is C.Clc1ccnc(Cl)n1.NC(=O)c1c[nH]c2ccccc12.NC(=O)c1cn(-c2ccnc(Cl)n2)c2ccccc12.NC(=O)c1cn(-c2ccnc(Nc3ccc(F)c(Br)c3)n2)c2ccccc12.Nc1ccc(F)c(Br)c1.O=C(Cl)c1c[nH]c2ccccc12.O=C(O)c1c[nH]c2ccccc12.O=CO[O-].[2H]CF.[H-].[K+].[K+]. The van der Waals surface area contributed by atoms with Gasteiger partial charge in [-0.1, -0.05) is 110 Å². The number of carbonyl (C=O) groups excluding carboxylic acids is 5. The molecule has 7 aromatic carbocycles. The van der Waals surface area contributed by atoms with Crippen LogP contribution in [-0.2, 0) is 9.68 Å². The van der Waals surface area contributed by atoms with Crippen LogP contribution in [0.1, 0.15) is 62.0 Å². The normalized spacial score (nSPS) is 9.93. The van der Waals surface area contributed by atoms with Crippen LogP contribution in [0.15, 0.2) is 234 Å². The van der Waals surface area contributed by atoms with E-state index in [1.54, 1.807) is 82.7 Å². The number of alkyl halides is 1. The van der Waals surface area contributed by atoms with E-state index < -0.39 is 36.1 Å². The minimum Gasteiger partial charge on any atom is -1.00 e. The molecular weight excluding hydrogens is 1670 g/mol. The van der Waals surface area contributed by atoms with Crippen LogP contribution in [0, 0.1) is 11.6 Å². The molecule has 36 heteroatoms. The molecule has 15 aromatic rings. The van der Waals surface area contributed by atoms with Gasteiger partial charge in [0.05, 0.1) is 56.3 Å². The van der Waals surface area contributed by atoms with E-state index in [0.717, 1.165) is 54.5 Å². The Morgan fingerprint density at radius 2 is 0.963 bits per heavy atom. The van der Waals surface area contributed by atoms with E-state index in [-0.39, 0.29) is 140 Å². The first-order valence-electron chi connectivity index (χ1n) is 30.3. The number of aromatic amines is 3. The number of aromatic nitrogens is 11. The number of anilines is 3. The van der Waals surface area contributed by atoms with Gasteiger partial charge in [0.2, 0.25) is 16.5 Å². The summed E-state index contributed by atoms with van der Waals surface area (Å²) in [5.74, 6) is -1.42. The fourth-order valence-electron chi connectivity index (χ4n) is 9.42. The van der Waals surface area contributed by atoms with Gasteiger partial charge in [0.1, 0.15) is 28.4 Å². The summed E-state index contributed by atoms with van der Waals surface area (Å²) in [7, 11) is -1.00. The Hall–Kier alpha value is -8.76. The zero-order valence-electron chi connectivity index (χ0n) is 57.6. The van der Waals surface area contributed by atoms with Gasteiger partial charge in [-0.2, -0.15) is 9.97 Å². The third-order valence-electron chi connectivity index (χ3n) is 13.9. The Morgan fingerprint density at radius 1 is 0.574 bits per heavy atom. The molecule has 0 saturated carbocycles. The van der Waals surface area contributed by atoms with E-state index in [1.807, 2.05) is 115 Å². The maximum atomic E-state index is 13.4. The number of hydrogen-bond donors (Lipinski definition) is 9. The number of rotatable bonds is 10. The van der Waals surface area contributed by atoms with Crippen molar-refractivity contribution in [3.63, 3.8) is 0 Å². The molecular formula is C72H59Br2Cl4F3K2N16O9. The van der Waals surface area contributed by atoms with Gasteiger partial charge in [-0.25, -0.2) is 33.5 Å². The van der Waals surface area contributed by atoms with Crippen LogP contribution in [0.2, 0.25) is 15.7 Å². The quantitative estimate of drug-likeness (QED) is 0.00898. The van der Waals surface area contributed by atoms with Crippen molar-refractivity contribution in [1.29, 1.82) is 0 Å². The van der Waals surface area contributed by atoms with E-state index in [0.29, 0.717) is 70.9 Å². The van der Waals surface area contributed by atoms with E-state index in [9.17, 15) is 37.1 Å². The number of carboxylic acid groups (broad SMARTS) is 1. The van der Waals surface area contributed by atoms with Crippen LogP contribution in [-0.4, -0.2) is 102 Å². The molecule has 3 amide bonds. The number of primary amides is 3. The molecule has 0 aliphatic heterocycles. The average molecular weight is 1730 g/mol. The third-order valence-corrected chi connectivity index (χ3v) is 15.9. The van der Waals surface area contributed by atoms with Crippen LogP contribution >= 0.6 is 78.3 Å². The van der Waals surface area contributed by atoms with Crippen LogP contribution in [0.5, 0.6) is 0 Å². The van der Waals surface area contributed by atoms with Crippen molar-refractivity contribution < 1.29 is 163 Å². The van der Waals surface area contributed by atoms with Gasteiger partial charge >= 0.3 is 109 Å². The summed E-state index contributed by atoms with van der Waals surface area (Å²) in [5, 5.41) is 24.5. The number of para-hydroxylation sites is 5. The summed E-state index contributed by atoms with van der Waals surface area (Å²) in [5.41, 5.74) is 29.2. The number of nitrogens with zero attached hydrogens (tertiary/aromatic N) is 8. The van der Waals surface area contributed by atoms with E-state index in [4.69, 9.17) is 85.9 Å². The van der Waals surface area contributed by atoms with Crippen molar-refractivity contribution in [2.24, 2.45) is 17.2 Å². The fourth-order valence-corrected chi connectivity index (χ4v) is 10.8. The molecule has 0 aliphatic rings. The zero-order valence-corrected chi connectivity index (χ0v) is 68.1. The van der Waals surface area contributed by atoms with E-state index >= 15 is 0 Å². The van der Waals surface area contributed by atoms with Crippen molar-refractivity contribution in [1.82, 2.24) is 54.0 Å². The molecule has 8 heterocycles. The molecule has 0 atom stereocenters. The number of carbonyl (C=O) groups is 6. The molecule has 25 nitrogen and oxygen atoms in total. The van der Waals surface area contributed by atoms with E-state index in [2.05, 4.69) is 86.9 Å². The zero-order chi connectivity index (χ0) is 77.0. The van der Waals surface area contributed by atoms with Crippen LogP contribution in [0.4, 0.5) is 30.5 Å². The molecule has 0 radical (unpaired) electrons. The molecule has 0 fully saturated rings. The molecule has 0 aliphatic carbocycles. The van der Waals surface area contributed by atoms with Gasteiger partial charge in [0, 0.05) is 104 Å².